The van der Waals surface area contributed by atoms with Gasteiger partial charge < -0.3 is 9.88 Å². The predicted octanol–water partition coefficient (Wildman–Crippen LogP) is 3.77. The van der Waals surface area contributed by atoms with E-state index in [2.05, 4.69) is 54.1 Å². The van der Waals surface area contributed by atoms with Crippen LogP contribution < -0.4 is 5.32 Å². The number of halogens is 1. The number of rotatable bonds is 2. The molecule has 2 aromatic rings. The van der Waals surface area contributed by atoms with Crippen molar-refractivity contribution in [2.45, 2.75) is 26.8 Å². The van der Waals surface area contributed by atoms with E-state index in [-0.39, 0.29) is 12.4 Å². The van der Waals surface area contributed by atoms with Crippen molar-refractivity contribution in [3.63, 3.8) is 0 Å². The van der Waals surface area contributed by atoms with Gasteiger partial charge in [-0.15, -0.1) is 12.4 Å². The van der Waals surface area contributed by atoms with Gasteiger partial charge in [-0.05, 0) is 38.5 Å². The number of hydrogen-bond donors (Lipinski definition) is 1. The van der Waals surface area contributed by atoms with E-state index in [0.717, 1.165) is 26.1 Å². The van der Waals surface area contributed by atoms with Gasteiger partial charge in [-0.3, -0.25) is 0 Å². The molecule has 19 heavy (non-hydrogen) atoms. The summed E-state index contributed by atoms with van der Waals surface area (Å²) in [4.78, 5) is 0. The molecule has 0 saturated carbocycles. The highest BCUT2D eigenvalue weighted by Crippen LogP contribution is 2.33. The summed E-state index contributed by atoms with van der Waals surface area (Å²) >= 11 is 0. The monoisotopic (exact) mass is 276 g/mol. The van der Waals surface area contributed by atoms with Gasteiger partial charge in [0.15, 0.2) is 0 Å². The van der Waals surface area contributed by atoms with Crippen LogP contribution >= 0.6 is 12.4 Å². The Morgan fingerprint density at radius 1 is 1.26 bits per heavy atom. The smallest absolute Gasteiger partial charge is 0.0488 e. The first kappa shape index (κ1) is 14.2. The van der Waals surface area contributed by atoms with Crippen molar-refractivity contribution in [2.75, 3.05) is 13.1 Å². The minimum absolute atomic E-state index is 0. The van der Waals surface area contributed by atoms with E-state index in [0.29, 0.717) is 0 Å². The first-order valence-corrected chi connectivity index (χ1v) is 6.81. The molecule has 3 heteroatoms. The molecular formula is C16H21ClN2. The van der Waals surface area contributed by atoms with Crippen molar-refractivity contribution in [2.24, 2.45) is 0 Å². The molecule has 0 atom stereocenters. The molecule has 2 nitrogen and oxygen atoms in total. The lowest BCUT2D eigenvalue weighted by molar-refractivity contribution is 0.735. The van der Waals surface area contributed by atoms with Gasteiger partial charge in [0, 0.05) is 35.2 Å². The summed E-state index contributed by atoms with van der Waals surface area (Å²) in [7, 11) is 0. The molecule has 0 radical (unpaired) electrons. The van der Waals surface area contributed by atoms with Gasteiger partial charge in [-0.2, -0.15) is 0 Å². The van der Waals surface area contributed by atoms with Gasteiger partial charge in [0.25, 0.3) is 0 Å². The van der Waals surface area contributed by atoms with Crippen molar-refractivity contribution < 1.29 is 0 Å². The van der Waals surface area contributed by atoms with Crippen LogP contribution in [0.2, 0.25) is 0 Å². The zero-order valence-electron chi connectivity index (χ0n) is 11.6. The second-order valence-corrected chi connectivity index (χ2v) is 4.91. The highest BCUT2D eigenvalue weighted by Gasteiger charge is 2.16. The molecular weight excluding hydrogens is 256 g/mol. The summed E-state index contributed by atoms with van der Waals surface area (Å²) < 4.78 is 2.42. The molecule has 0 spiro atoms. The van der Waals surface area contributed by atoms with E-state index in [1.54, 1.807) is 0 Å². The maximum absolute atomic E-state index is 3.39. The number of benzene rings is 1. The van der Waals surface area contributed by atoms with E-state index in [4.69, 9.17) is 0 Å². The molecule has 1 N–H and O–H groups in total. The van der Waals surface area contributed by atoms with Gasteiger partial charge in [0.2, 0.25) is 0 Å². The fourth-order valence-electron chi connectivity index (χ4n) is 3.09. The molecule has 1 aromatic carbocycles. The first-order chi connectivity index (χ1) is 8.83. The average Bonchev–Trinajstić information content (AvgIpc) is 2.71. The minimum atomic E-state index is 0. The summed E-state index contributed by atoms with van der Waals surface area (Å²) in [5.74, 6) is 0. The van der Waals surface area contributed by atoms with Gasteiger partial charge in [0.1, 0.15) is 0 Å². The molecule has 0 aliphatic carbocycles. The van der Waals surface area contributed by atoms with E-state index in [1.165, 1.54) is 27.7 Å². The summed E-state index contributed by atoms with van der Waals surface area (Å²) in [6, 6.07) is 8.77. The Kier molecular flexibility index (Phi) is 4.33. The lowest BCUT2D eigenvalue weighted by Crippen LogP contribution is -2.20. The Morgan fingerprint density at radius 2 is 2.05 bits per heavy atom. The lowest BCUT2D eigenvalue weighted by Gasteiger charge is -2.15. The molecule has 1 aliphatic rings. The number of aryl methyl sites for hydroxylation is 1. The van der Waals surface area contributed by atoms with Crippen molar-refractivity contribution >= 4 is 28.9 Å². The standard InChI is InChI=1S/C16H20N2.ClH/c1-3-18-12(2)16(13-8-10-17-11-9-13)14-6-4-5-7-15(14)18;/h4-8,17H,3,9-11H2,1-2H3;1H. The Labute approximate surface area is 120 Å². The number of hydrogen-bond acceptors (Lipinski definition) is 1. The molecule has 102 valence electrons. The number of para-hydroxylation sites is 1. The van der Waals surface area contributed by atoms with E-state index >= 15 is 0 Å². The van der Waals surface area contributed by atoms with E-state index in [1.807, 2.05) is 0 Å². The van der Waals surface area contributed by atoms with E-state index in [9.17, 15) is 0 Å². The number of aromatic nitrogens is 1. The molecule has 1 aromatic heterocycles. The molecule has 0 fully saturated rings. The van der Waals surface area contributed by atoms with Crippen LogP contribution in [-0.4, -0.2) is 17.7 Å². The highest BCUT2D eigenvalue weighted by molar-refractivity contribution is 5.95. The van der Waals surface area contributed by atoms with Gasteiger partial charge in [0.05, 0.1) is 0 Å². The van der Waals surface area contributed by atoms with Crippen LogP contribution in [0.3, 0.4) is 0 Å². The van der Waals surface area contributed by atoms with E-state index < -0.39 is 0 Å². The highest BCUT2D eigenvalue weighted by atomic mass is 35.5. The first-order valence-electron chi connectivity index (χ1n) is 6.81. The molecule has 3 rings (SSSR count). The molecule has 0 unspecified atom stereocenters. The molecule has 0 bridgehead atoms. The topological polar surface area (TPSA) is 17.0 Å². The number of nitrogens with zero attached hydrogens (tertiary/aromatic N) is 1. The summed E-state index contributed by atoms with van der Waals surface area (Å²) in [6.45, 7) is 7.61. The quantitative estimate of drug-likeness (QED) is 0.884. The summed E-state index contributed by atoms with van der Waals surface area (Å²) in [6.07, 6.45) is 3.48. The third kappa shape index (κ3) is 2.31. The molecule has 2 heterocycles. The van der Waals surface area contributed by atoms with Crippen molar-refractivity contribution in [3.8, 4) is 0 Å². The van der Waals surface area contributed by atoms with Crippen LogP contribution in [0.1, 0.15) is 24.6 Å². The number of nitrogens with one attached hydrogen (secondary N) is 1. The van der Waals surface area contributed by atoms with Crippen molar-refractivity contribution in [1.29, 1.82) is 0 Å². The average molecular weight is 277 g/mol. The molecule has 1 aliphatic heterocycles. The van der Waals surface area contributed by atoms with Crippen LogP contribution in [0.4, 0.5) is 0 Å². The third-order valence-corrected chi connectivity index (χ3v) is 3.93. The Morgan fingerprint density at radius 3 is 2.74 bits per heavy atom. The third-order valence-electron chi connectivity index (χ3n) is 3.93. The summed E-state index contributed by atoms with van der Waals surface area (Å²) in [5, 5.41) is 4.80. The van der Waals surface area contributed by atoms with Crippen molar-refractivity contribution in [1.82, 2.24) is 9.88 Å². The Hall–Kier alpha value is -1.25. The molecule has 0 saturated heterocycles. The number of fused-ring (bicyclic) bond motifs is 1. The fraction of sp³-hybridized carbons (Fsp3) is 0.375. The van der Waals surface area contributed by atoms with Gasteiger partial charge in [-0.1, -0.05) is 24.3 Å². The zero-order chi connectivity index (χ0) is 12.5. The van der Waals surface area contributed by atoms with Crippen LogP contribution in [0.15, 0.2) is 30.3 Å². The molecule has 0 amide bonds. The Balaban J connectivity index is 0.00000133. The second kappa shape index (κ2) is 5.81. The Bertz CT molecular complexity index is 610. The maximum atomic E-state index is 3.39. The van der Waals surface area contributed by atoms with Crippen LogP contribution in [0, 0.1) is 6.92 Å². The SMILES string of the molecule is CCn1c(C)c(C2=CCNCC2)c2ccccc21.Cl. The van der Waals surface area contributed by atoms with Gasteiger partial charge >= 0.3 is 0 Å². The second-order valence-electron chi connectivity index (χ2n) is 4.91. The predicted molar refractivity (Wildman–Crippen MR) is 85.1 cm³/mol. The fourth-order valence-corrected chi connectivity index (χ4v) is 3.09. The normalized spacial score (nSPS) is 15.2. The zero-order valence-corrected chi connectivity index (χ0v) is 12.4. The largest absolute Gasteiger partial charge is 0.345 e. The maximum Gasteiger partial charge on any atom is 0.0488 e. The minimum Gasteiger partial charge on any atom is -0.345 e. The van der Waals surface area contributed by atoms with Crippen LogP contribution in [0.25, 0.3) is 16.5 Å². The van der Waals surface area contributed by atoms with Crippen molar-refractivity contribution in [3.05, 3.63) is 41.6 Å². The van der Waals surface area contributed by atoms with Crippen LogP contribution in [-0.2, 0) is 6.54 Å². The lowest BCUT2D eigenvalue weighted by atomic mass is 9.97. The van der Waals surface area contributed by atoms with Crippen LogP contribution in [0.5, 0.6) is 0 Å². The van der Waals surface area contributed by atoms with Gasteiger partial charge in [-0.25, -0.2) is 0 Å². The summed E-state index contributed by atoms with van der Waals surface area (Å²) in [5.41, 5.74) is 5.75.